The van der Waals surface area contributed by atoms with E-state index in [0.717, 1.165) is 26.1 Å². The van der Waals surface area contributed by atoms with Crippen molar-refractivity contribution in [2.75, 3.05) is 26.7 Å². The molecule has 17 heavy (non-hydrogen) atoms. The van der Waals surface area contributed by atoms with Crippen LogP contribution in [0.2, 0.25) is 0 Å². The summed E-state index contributed by atoms with van der Waals surface area (Å²) < 4.78 is 1.22. The highest BCUT2D eigenvalue weighted by Gasteiger charge is 2.02. The largest absolute Gasteiger partial charge is 0.313 e. The van der Waals surface area contributed by atoms with E-state index in [1.165, 1.54) is 10.0 Å². The quantitative estimate of drug-likeness (QED) is 0.833. The molecule has 0 bridgehead atoms. The van der Waals surface area contributed by atoms with E-state index in [2.05, 4.69) is 71.3 Å². The molecule has 0 saturated carbocycles. The normalized spacial score (nSPS) is 11.4. The fraction of sp³-hybridized carbons (Fsp3) is 0.571. The Morgan fingerprint density at radius 2 is 1.94 bits per heavy atom. The lowest BCUT2D eigenvalue weighted by atomic mass is 10.1. The van der Waals surface area contributed by atoms with Gasteiger partial charge in [0.15, 0.2) is 0 Å². The molecule has 0 fully saturated rings. The summed E-state index contributed by atoms with van der Waals surface area (Å²) in [5.41, 5.74) is 1.39. The summed E-state index contributed by atoms with van der Waals surface area (Å²) >= 11 is 3.59. The van der Waals surface area contributed by atoms with Crippen molar-refractivity contribution in [1.29, 1.82) is 0 Å². The van der Waals surface area contributed by atoms with Gasteiger partial charge in [-0.1, -0.05) is 48.0 Å². The highest BCUT2D eigenvalue weighted by atomic mass is 79.9. The van der Waals surface area contributed by atoms with Crippen LogP contribution < -0.4 is 5.32 Å². The maximum absolute atomic E-state index is 3.59. The Labute approximate surface area is 114 Å². The van der Waals surface area contributed by atoms with Crippen LogP contribution in [-0.2, 0) is 6.42 Å². The van der Waals surface area contributed by atoms with Gasteiger partial charge in [0.05, 0.1) is 0 Å². The first-order valence-corrected chi connectivity index (χ1v) is 7.04. The molecule has 0 aromatic heterocycles. The molecular weight excluding hydrogens is 276 g/mol. The van der Waals surface area contributed by atoms with E-state index in [9.17, 15) is 0 Å². The van der Waals surface area contributed by atoms with Gasteiger partial charge in [-0.15, -0.1) is 0 Å². The maximum atomic E-state index is 3.59. The lowest BCUT2D eigenvalue weighted by Crippen LogP contribution is -2.33. The molecule has 0 aliphatic carbocycles. The summed E-state index contributed by atoms with van der Waals surface area (Å²) in [6, 6.07) is 9.02. The third-order valence-corrected chi connectivity index (χ3v) is 3.54. The Morgan fingerprint density at radius 1 is 1.24 bits per heavy atom. The Morgan fingerprint density at radius 3 is 2.59 bits per heavy atom. The van der Waals surface area contributed by atoms with E-state index in [0.29, 0.717) is 6.04 Å². The third-order valence-electron chi connectivity index (χ3n) is 2.77. The van der Waals surface area contributed by atoms with Gasteiger partial charge in [-0.25, -0.2) is 0 Å². The van der Waals surface area contributed by atoms with Gasteiger partial charge in [-0.3, -0.25) is 0 Å². The molecule has 3 heteroatoms. The molecule has 96 valence electrons. The van der Waals surface area contributed by atoms with Crippen LogP contribution in [-0.4, -0.2) is 37.6 Å². The van der Waals surface area contributed by atoms with Crippen molar-refractivity contribution in [2.45, 2.75) is 26.3 Å². The van der Waals surface area contributed by atoms with Gasteiger partial charge in [0, 0.05) is 30.1 Å². The molecule has 1 aromatic rings. The molecular formula is C14H23BrN2. The van der Waals surface area contributed by atoms with E-state index in [-0.39, 0.29) is 0 Å². The van der Waals surface area contributed by atoms with E-state index in [1.54, 1.807) is 0 Å². The minimum Gasteiger partial charge on any atom is -0.313 e. The lowest BCUT2D eigenvalue weighted by molar-refractivity contribution is 0.331. The summed E-state index contributed by atoms with van der Waals surface area (Å²) in [6.45, 7) is 7.62. The van der Waals surface area contributed by atoms with E-state index < -0.39 is 0 Å². The lowest BCUT2D eigenvalue weighted by Gasteiger charge is -2.18. The van der Waals surface area contributed by atoms with Crippen molar-refractivity contribution in [3.05, 3.63) is 34.3 Å². The fourth-order valence-corrected chi connectivity index (χ4v) is 2.15. The molecule has 0 spiro atoms. The van der Waals surface area contributed by atoms with Gasteiger partial charge in [0.25, 0.3) is 0 Å². The second kappa shape index (κ2) is 7.85. The molecule has 0 aliphatic rings. The van der Waals surface area contributed by atoms with Gasteiger partial charge in [0.1, 0.15) is 0 Å². The first kappa shape index (κ1) is 14.7. The summed E-state index contributed by atoms with van der Waals surface area (Å²) in [6.07, 6.45) is 1.10. The zero-order valence-electron chi connectivity index (χ0n) is 11.0. The van der Waals surface area contributed by atoms with E-state index in [1.807, 2.05) is 0 Å². The van der Waals surface area contributed by atoms with Gasteiger partial charge in [-0.2, -0.15) is 0 Å². The average molecular weight is 299 g/mol. The third kappa shape index (κ3) is 6.20. The average Bonchev–Trinajstić information content (AvgIpc) is 2.27. The molecule has 0 saturated heterocycles. The van der Waals surface area contributed by atoms with Crippen LogP contribution in [0.25, 0.3) is 0 Å². The van der Waals surface area contributed by atoms with Crippen molar-refractivity contribution >= 4 is 15.9 Å². The SMILES string of the molecule is CC(C)NCCN(C)CCc1ccccc1Br. The predicted molar refractivity (Wildman–Crippen MR) is 78.5 cm³/mol. The molecule has 1 aromatic carbocycles. The molecule has 0 heterocycles. The van der Waals surface area contributed by atoms with Crippen molar-refractivity contribution in [3.63, 3.8) is 0 Å². The van der Waals surface area contributed by atoms with Crippen LogP contribution in [0.4, 0.5) is 0 Å². The standard InChI is InChI=1S/C14H23BrN2/c1-12(2)16-9-11-17(3)10-8-13-6-4-5-7-14(13)15/h4-7,12,16H,8-11H2,1-3H3. The Hall–Kier alpha value is -0.380. The highest BCUT2D eigenvalue weighted by molar-refractivity contribution is 9.10. The number of halogens is 1. The Balaban J connectivity index is 2.24. The van der Waals surface area contributed by atoms with Crippen molar-refractivity contribution in [3.8, 4) is 0 Å². The number of nitrogens with zero attached hydrogens (tertiary/aromatic N) is 1. The highest BCUT2D eigenvalue weighted by Crippen LogP contribution is 2.16. The van der Waals surface area contributed by atoms with Crippen LogP contribution in [0.3, 0.4) is 0 Å². The second-order valence-corrected chi connectivity index (χ2v) is 5.61. The Bertz CT molecular complexity index is 326. The summed E-state index contributed by atoms with van der Waals surface area (Å²) in [5.74, 6) is 0. The van der Waals surface area contributed by atoms with Crippen LogP contribution >= 0.6 is 15.9 Å². The molecule has 1 N–H and O–H groups in total. The number of hydrogen-bond donors (Lipinski definition) is 1. The van der Waals surface area contributed by atoms with Crippen molar-refractivity contribution in [2.24, 2.45) is 0 Å². The molecule has 1 rings (SSSR count). The molecule has 0 atom stereocenters. The molecule has 0 unspecified atom stereocenters. The monoisotopic (exact) mass is 298 g/mol. The second-order valence-electron chi connectivity index (χ2n) is 4.75. The number of benzene rings is 1. The minimum absolute atomic E-state index is 0.576. The molecule has 0 amide bonds. The van der Waals surface area contributed by atoms with E-state index >= 15 is 0 Å². The van der Waals surface area contributed by atoms with E-state index in [4.69, 9.17) is 0 Å². The first-order valence-electron chi connectivity index (χ1n) is 6.25. The number of nitrogens with one attached hydrogen (secondary N) is 1. The maximum Gasteiger partial charge on any atom is 0.0207 e. The predicted octanol–water partition coefficient (Wildman–Crippen LogP) is 2.92. The molecule has 0 aliphatic heterocycles. The van der Waals surface area contributed by atoms with Crippen LogP contribution in [0.15, 0.2) is 28.7 Å². The number of likely N-dealkylation sites (N-methyl/N-ethyl adjacent to an activating group) is 1. The fourth-order valence-electron chi connectivity index (χ4n) is 1.67. The van der Waals surface area contributed by atoms with Crippen LogP contribution in [0, 0.1) is 0 Å². The van der Waals surface area contributed by atoms with Gasteiger partial charge >= 0.3 is 0 Å². The summed E-state index contributed by atoms with van der Waals surface area (Å²) in [7, 11) is 2.18. The summed E-state index contributed by atoms with van der Waals surface area (Å²) in [4.78, 5) is 2.37. The Kier molecular flexibility index (Phi) is 6.78. The van der Waals surface area contributed by atoms with Crippen LogP contribution in [0.5, 0.6) is 0 Å². The number of hydrogen-bond acceptors (Lipinski definition) is 2. The molecule has 2 nitrogen and oxygen atoms in total. The topological polar surface area (TPSA) is 15.3 Å². The van der Waals surface area contributed by atoms with Crippen molar-refractivity contribution < 1.29 is 0 Å². The first-order chi connectivity index (χ1) is 8.09. The van der Waals surface area contributed by atoms with Gasteiger partial charge in [0.2, 0.25) is 0 Å². The number of rotatable bonds is 7. The smallest absolute Gasteiger partial charge is 0.0207 e. The molecule has 0 radical (unpaired) electrons. The van der Waals surface area contributed by atoms with Gasteiger partial charge < -0.3 is 10.2 Å². The minimum atomic E-state index is 0.576. The van der Waals surface area contributed by atoms with Crippen LogP contribution in [0.1, 0.15) is 19.4 Å². The zero-order chi connectivity index (χ0) is 12.7. The summed E-state index contributed by atoms with van der Waals surface area (Å²) in [5, 5.41) is 3.44. The van der Waals surface area contributed by atoms with Crippen molar-refractivity contribution in [1.82, 2.24) is 10.2 Å². The zero-order valence-corrected chi connectivity index (χ0v) is 12.6. The van der Waals surface area contributed by atoms with Gasteiger partial charge in [-0.05, 0) is 25.1 Å².